The lowest BCUT2D eigenvalue weighted by Crippen LogP contribution is -2.37. The Kier molecular flexibility index (Phi) is 5.43. The van der Waals surface area contributed by atoms with E-state index in [0.717, 1.165) is 38.2 Å². The van der Waals surface area contributed by atoms with Gasteiger partial charge in [0.05, 0.1) is 6.61 Å². The maximum atomic E-state index is 11.3. The molecule has 3 rings (SSSR count). The predicted molar refractivity (Wildman–Crippen MR) is 91.1 cm³/mol. The first kappa shape index (κ1) is 16.2. The van der Waals surface area contributed by atoms with Crippen LogP contribution in [0.2, 0.25) is 0 Å². The second-order valence-electron chi connectivity index (χ2n) is 5.80. The molecule has 0 spiro atoms. The summed E-state index contributed by atoms with van der Waals surface area (Å²) in [5.74, 6) is -0.833. The third-order valence-electron chi connectivity index (χ3n) is 4.27. The van der Waals surface area contributed by atoms with Crippen molar-refractivity contribution in [3.05, 3.63) is 57.8 Å². The second kappa shape index (κ2) is 7.73. The third kappa shape index (κ3) is 4.19. The highest BCUT2D eigenvalue weighted by Gasteiger charge is 2.25. The quantitative estimate of drug-likeness (QED) is 0.846. The Balaban J connectivity index is 1.70. The summed E-state index contributed by atoms with van der Waals surface area (Å²) in [4.78, 5) is 14.2. The molecular formula is C18H21NO3S. The van der Waals surface area contributed by atoms with E-state index in [1.54, 1.807) is 0 Å². The standard InChI is InChI=1S/C18H21NO3S/c20-18(21)17-15(8-11-23-17)12-19(16-7-10-22-13-16)9-6-14-4-2-1-3-5-14/h1-5,8,11,16H,6-7,9-10,12-13H2,(H,20,21). The molecule has 1 saturated heterocycles. The van der Waals surface area contributed by atoms with Gasteiger partial charge in [-0.15, -0.1) is 11.3 Å². The lowest BCUT2D eigenvalue weighted by atomic mass is 10.1. The van der Waals surface area contributed by atoms with E-state index in [-0.39, 0.29) is 0 Å². The smallest absolute Gasteiger partial charge is 0.346 e. The van der Waals surface area contributed by atoms with Crippen LogP contribution < -0.4 is 0 Å². The topological polar surface area (TPSA) is 49.8 Å². The molecule has 5 heteroatoms. The second-order valence-corrected chi connectivity index (χ2v) is 6.72. The van der Waals surface area contributed by atoms with Crippen LogP contribution in [0, 0.1) is 0 Å². The lowest BCUT2D eigenvalue weighted by molar-refractivity contribution is 0.0699. The van der Waals surface area contributed by atoms with E-state index < -0.39 is 5.97 Å². The summed E-state index contributed by atoms with van der Waals surface area (Å²) in [6.07, 6.45) is 1.98. The average Bonchev–Trinajstić information content (AvgIpc) is 3.23. The van der Waals surface area contributed by atoms with Crippen molar-refractivity contribution >= 4 is 17.3 Å². The van der Waals surface area contributed by atoms with Crippen molar-refractivity contribution in [2.45, 2.75) is 25.4 Å². The molecule has 0 aliphatic carbocycles. The first-order valence-corrected chi connectivity index (χ1v) is 8.77. The number of carbonyl (C=O) groups is 1. The molecule has 2 aromatic rings. The van der Waals surface area contributed by atoms with Gasteiger partial charge < -0.3 is 9.84 Å². The number of benzene rings is 1. The Hall–Kier alpha value is -1.69. The van der Waals surface area contributed by atoms with Crippen LogP contribution in [0.5, 0.6) is 0 Å². The highest BCUT2D eigenvalue weighted by atomic mass is 32.1. The van der Waals surface area contributed by atoms with Crippen LogP contribution >= 0.6 is 11.3 Å². The van der Waals surface area contributed by atoms with E-state index >= 15 is 0 Å². The number of carboxylic acid groups (broad SMARTS) is 1. The number of aromatic carboxylic acids is 1. The van der Waals surface area contributed by atoms with Crippen molar-refractivity contribution in [3.63, 3.8) is 0 Å². The van der Waals surface area contributed by atoms with Gasteiger partial charge >= 0.3 is 5.97 Å². The molecule has 1 aromatic carbocycles. The Morgan fingerprint density at radius 3 is 2.83 bits per heavy atom. The van der Waals surface area contributed by atoms with Crippen LogP contribution in [0.4, 0.5) is 0 Å². The van der Waals surface area contributed by atoms with E-state index in [4.69, 9.17) is 4.74 Å². The Labute approximate surface area is 140 Å². The molecule has 1 fully saturated rings. The summed E-state index contributed by atoms with van der Waals surface area (Å²) in [7, 11) is 0. The van der Waals surface area contributed by atoms with E-state index in [0.29, 0.717) is 17.5 Å². The highest BCUT2D eigenvalue weighted by molar-refractivity contribution is 7.12. The minimum absolute atomic E-state index is 0.375. The minimum Gasteiger partial charge on any atom is -0.477 e. The zero-order valence-corrected chi connectivity index (χ0v) is 13.8. The molecule has 4 nitrogen and oxygen atoms in total. The van der Waals surface area contributed by atoms with E-state index in [1.807, 2.05) is 17.5 Å². The van der Waals surface area contributed by atoms with Gasteiger partial charge in [0, 0.05) is 25.7 Å². The van der Waals surface area contributed by atoms with E-state index in [2.05, 4.69) is 29.2 Å². The fourth-order valence-corrected chi connectivity index (χ4v) is 3.74. The van der Waals surface area contributed by atoms with Gasteiger partial charge in [-0.2, -0.15) is 0 Å². The van der Waals surface area contributed by atoms with Crippen molar-refractivity contribution in [2.75, 3.05) is 19.8 Å². The third-order valence-corrected chi connectivity index (χ3v) is 5.21. The SMILES string of the molecule is O=C(O)c1sccc1CN(CCc1ccccc1)C1CCOC1. The summed E-state index contributed by atoms with van der Waals surface area (Å²) in [6, 6.07) is 12.7. The van der Waals surface area contributed by atoms with Crippen molar-refractivity contribution in [2.24, 2.45) is 0 Å². The molecule has 23 heavy (non-hydrogen) atoms. The van der Waals surface area contributed by atoms with Crippen molar-refractivity contribution in [1.82, 2.24) is 4.90 Å². The summed E-state index contributed by atoms with van der Waals surface area (Å²) < 4.78 is 5.53. The number of rotatable bonds is 7. The maximum absolute atomic E-state index is 11.3. The molecule has 0 amide bonds. The number of nitrogens with zero attached hydrogens (tertiary/aromatic N) is 1. The zero-order valence-electron chi connectivity index (χ0n) is 13.0. The first-order chi connectivity index (χ1) is 11.2. The molecule has 1 aromatic heterocycles. The molecule has 122 valence electrons. The fraction of sp³-hybridized carbons (Fsp3) is 0.389. The Bertz CT molecular complexity index is 635. The normalized spacial score (nSPS) is 17.7. The largest absolute Gasteiger partial charge is 0.477 e. The number of ether oxygens (including phenoxy) is 1. The number of carboxylic acids is 1. The molecular weight excluding hydrogens is 310 g/mol. The van der Waals surface area contributed by atoms with Gasteiger partial charge in [-0.25, -0.2) is 4.79 Å². The van der Waals surface area contributed by atoms with Gasteiger partial charge in [0.1, 0.15) is 4.88 Å². The first-order valence-electron chi connectivity index (χ1n) is 7.89. The fourth-order valence-electron chi connectivity index (χ4n) is 2.98. The zero-order chi connectivity index (χ0) is 16.1. The van der Waals surface area contributed by atoms with Gasteiger partial charge in [0.15, 0.2) is 0 Å². The molecule has 1 atom stereocenters. The summed E-state index contributed by atoms with van der Waals surface area (Å²) in [5, 5.41) is 11.2. The van der Waals surface area contributed by atoms with Gasteiger partial charge in [0.2, 0.25) is 0 Å². The molecule has 0 saturated carbocycles. The van der Waals surface area contributed by atoms with Crippen molar-refractivity contribution in [3.8, 4) is 0 Å². The molecule has 2 heterocycles. The van der Waals surface area contributed by atoms with Crippen LogP contribution in [-0.2, 0) is 17.7 Å². The van der Waals surface area contributed by atoms with Crippen LogP contribution in [0.25, 0.3) is 0 Å². The summed E-state index contributed by atoms with van der Waals surface area (Å²) in [6.45, 7) is 3.11. The summed E-state index contributed by atoms with van der Waals surface area (Å²) >= 11 is 1.30. The van der Waals surface area contributed by atoms with Crippen LogP contribution in [0.15, 0.2) is 41.8 Å². The molecule has 1 aliphatic heterocycles. The number of hydrogen-bond acceptors (Lipinski definition) is 4. The van der Waals surface area contributed by atoms with Crippen LogP contribution in [0.3, 0.4) is 0 Å². The van der Waals surface area contributed by atoms with E-state index in [1.165, 1.54) is 16.9 Å². The molecule has 0 bridgehead atoms. The summed E-state index contributed by atoms with van der Waals surface area (Å²) in [5.41, 5.74) is 2.21. The van der Waals surface area contributed by atoms with Crippen molar-refractivity contribution < 1.29 is 14.6 Å². The van der Waals surface area contributed by atoms with Gasteiger partial charge in [-0.1, -0.05) is 30.3 Å². The number of thiophene rings is 1. The Morgan fingerprint density at radius 2 is 2.13 bits per heavy atom. The maximum Gasteiger partial charge on any atom is 0.346 e. The van der Waals surface area contributed by atoms with E-state index in [9.17, 15) is 9.90 Å². The molecule has 0 radical (unpaired) electrons. The van der Waals surface area contributed by atoms with Gasteiger partial charge in [-0.05, 0) is 35.4 Å². The van der Waals surface area contributed by atoms with Gasteiger partial charge in [-0.3, -0.25) is 4.90 Å². The molecule has 1 N–H and O–H groups in total. The highest BCUT2D eigenvalue weighted by Crippen LogP contribution is 2.22. The van der Waals surface area contributed by atoms with Crippen LogP contribution in [0.1, 0.15) is 27.2 Å². The monoisotopic (exact) mass is 331 g/mol. The van der Waals surface area contributed by atoms with Crippen molar-refractivity contribution in [1.29, 1.82) is 0 Å². The molecule has 1 unspecified atom stereocenters. The predicted octanol–water partition coefficient (Wildman–Crippen LogP) is 3.28. The number of hydrogen-bond donors (Lipinski definition) is 1. The lowest BCUT2D eigenvalue weighted by Gasteiger charge is -2.28. The van der Waals surface area contributed by atoms with Gasteiger partial charge in [0.25, 0.3) is 0 Å². The van der Waals surface area contributed by atoms with Crippen LogP contribution in [-0.4, -0.2) is 41.8 Å². The minimum atomic E-state index is -0.833. The average molecular weight is 331 g/mol. The molecule has 1 aliphatic rings. The Morgan fingerprint density at radius 1 is 1.30 bits per heavy atom.